The Kier molecular flexibility index (Phi) is 2.57. The zero-order valence-corrected chi connectivity index (χ0v) is 8.86. The second-order valence-electron chi connectivity index (χ2n) is 4.18. The normalized spacial score (nSPS) is 18.3. The lowest BCUT2D eigenvalue weighted by atomic mass is 9.65. The van der Waals surface area contributed by atoms with E-state index in [0.717, 1.165) is 24.8 Å². The summed E-state index contributed by atoms with van der Waals surface area (Å²) in [4.78, 5) is 0. The Morgan fingerprint density at radius 2 is 2.13 bits per heavy atom. The number of ether oxygens (including phenoxy) is 1. The maximum Gasteiger partial charge on any atom is 0.126 e. The number of aromatic hydroxyl groups is 1. The van der Waals surface area contributed by atoms with Crippen molar-refractivity contribution in [2.24, 2.45) is 0 Å². The van der Waals surface area contributed by atoms with Crippen molar-refractivity contribution < 1.29 is 14.9 Å². The average Bonchev–Trinajstić information content (AvgIpc) is 2.19. The molecular formula is C12H16O3. The molecule has 0 unspecified atom stereocenters. The van der Waals surface area contributed by atoms with Crippen LogP contribution in [0.5, 0.6) is 11.5 Å². The summed E-state index contributed by atoms with van der Waals surface area (Å²) in [5, 5.41) is 18.8. The number of phenols is 1. The Hall–Kier alpha value is -1.22. The summed E-state index contributed by atoms with van der Waals surface area (Å²) in [5.74, 6) is 0.867. The first-order chi connectivity index (χ1) is 7.22. The van der Waals surface area contributed by atoms with Gasteiger partial charge in [0.25, 0.3) is 0 Å². The van der Waals surface area contributed by atoms with Gasteiger partial charge >= 0.3 is 0 Å². The highest BCUT2D eigenvalue weighted by molar-refractivity contribution is 5.45. The maximum absolute atomic E-state index is 9.46. The predicted octanol–water partition coefficient (Wildman–Crippen LogP) is 1.81. The van der Waals surface area contributed by atoms with Gasteiger partial charge in [-0.25, -0.2) is 0 Å². The molecule has 1 saturated carbocycles. The fraction of sp³-hybridized carbons (Fsp3) is 0.500. The van der Waals surface area contributed by atoms with E-state index in [2.05, 4.69) is 0 Å². The first-order valence-corrected chi connectivity index (χ1v) is 5.20. The number of aliphatic hydroxyl groups excluding tert-OH is 1. The van der Waals surface area contributed by atoms with Gasteiger partial charge in [-0.1, -0.05) is 12.5 Å². The molecule has 1 aromatic rings. The summed E-state index contributed by atoms with van der Waals surface area (Å²) in [7, 11) is 1.59. The summed E-state index contributed by atoms with van der Waals surface area (Å²) in [6.45, 7) is 0.147. The van der Waals surface area contributed by atoms with E-state index in [0.29, 0.717) is 5.75 Å². The van der Waals surface area contributed by atoms with E-state index in [9.17, 15) is 10.2 Å². The Morgan fingerprint density at radius 3 is 2.60 bits per heavy atom. The Bertz CT molecular complexity index is 350. The van der Waals surface area contributed by atoms with Crippen molar-refractivity contribution in [3.05, 3.63) is 23.8 Å². The highest BCUT2D eigenvalue weighted by atomic mass is 16.5. The van der Waals surface area contributed by atoms with E-state index in [4.69, 9.17) is 4.74 Å². The second kappa shape index (κ2) is 3.74. The van der Waals surface area contributed by atoms with Gasteiger partial charge in [0.05, 0.1) is 13.7 Å². The molecule has 0 heterocycles. The quantitative estimate of drug-likeness (QED) is 0.796. The smallest absolute Gasteiger partial charge is 0.126 e. The number of aliphatic hydroxyl groups is 1. The molecule has 0 aromatic heterocycles. The first-order valence-electron chi connectivity index (χ1n) is 5.20. The summed E-state index contributed by atoms with van der Waals surface area (Å²) in [6, 6.07) is 5.10. The lowest BCUT2D eigenvalue weighted by Gasteiger charge is -2.41. The number of benzene rings is 1. The first kappa shape index (κ1) is 10.3. The SMILES string of the molecule is COc1cc(O)ccc1C1(CO)CCC1. The van der Waals surface area contributed by atoms with Crippen molar-refractivity contribution in [2.75, 3.05) is 13.7 Å². The monoisotopic (exact) mass is 208 g/mol. The molecule has 0 bridgehead atoms. The van der Waals surface area contributed by atoms with E-state index < -0.39 is 0 Å². The fourth-order valence-electron chi connectivity index (χ4n) is 2.23. The van der Waals surface area contributed by atoms with Crippen LogP contribution in [0.4, 0.5) is 0 Å². The molecule has 1 fully saturated rings. The number of hydrogen-bond acceptors (Lipinski definition) is 3. The Morgan fingerprint density at radius 1 is 1.40 bits per heavy atom. The summed E-state index contributed by atoms with van der Waals surface area (Å²) < 4.78 is 5.24. The highest BCUT2D eigenvalue weighted by Crippen LogP contribution is 2.47. The van der Waals surface area contributed by atoms with Crippen molar-refractivity contribution >= 4 is 0 Å². The second-order valence-corrected chi connectivity index (χ2v) is 4.18. The van der Waals surface area contributed by atoms with Crippen molar-refractivity contribution in [1.29, 1.82) is 0 Å². The summed E-state index contributed by atoms with van der Waals surface area (Å²) in [5.41, 5.74) is 0.871. The lowest BCUT2D eigenvalue weighted by molar-refractivity contribution is 0.117. The minimum atomic E-state index is -0.140. The molecule has 1 aliphatic rings. The van der Waals surface area contributed by atoms with Crippen LogP contribution in [0, 0.1) is 0 Å². The van der Waals surface area contributed by atoms with Crippen LogP contribution in [0.25, 0.3) is 0 Å². The molecule has 0 aliphatic heterocycles. The number of hydrogen-bond donors (Lipinski definition) is 2. The van der Waals surface area contributed by atoms with E-state index in [1.165, 1.54) is 0 Å². The molecule has 0 amide bonds. The summed E-state index contributed by atoms with van der Waals surface area (Å²) >= 11 is 0. The molecule has 0 saturated heterocycles. The van der Waals surface area contributed by atoms with Crippen LogP contribution in [0.15, 0.2) is 18.2 Å². The molecule has 0 spiro atoms. The molecule has 2 rings (SSSR count). The molecule has 15 heavy (non-hydrogen) atoms. The minimum Gasteiger partial charge on any atom is -0.508 e. The largest absolute Gasteiger partial charge is 0.508 e. The Balaban J connectivity index is 2.42. The topological polar surface area (TPSA) is 49.7 Å². The molecule has 3 heteroatoms. The standard InChI is InChI=1S/C12H16O3/c1-15-11-7-9(14)3-4-10(11)12(8-13)5-2-6-12/h3-4,7,13-14H,2,5-6,8H2,1H3. The number of methoxy groups -OCH3 is 1. The highest BCUT2D eigenvalue weighted by Gasteiger charge is 2.40. The average molecular weight is 208 g/mol. The van der Waals surface area contributed by atoms with Gasteiger partial charge in [0.1, 0.15) is 11.5 Å². The minimum absolute atomic E-state index is 0.140. The van der Waals surface area contributed by atoms with Crippen LogP contribution >= 0.6 is 0 Å². The summed E-state index contributed by atoms with van der Waals surface area (Å²) in [6.07, 6.45) is 3.12. The third-order valence-corrected chi connectivity index (χ3v) is 3.37. The maximum atomic E-state index is 9.46. The van der Waals surface area contributed by atoms with Crippen LogP contribution < -0.4 is 4.74 Å². The van der Waals surface area contributed by atoms with Gasteiger partial charge in [0.2, 0.25) is 0 Å². The predicted molar refractivity (Wildman–Crippen MR) is 57.3 cm³/mol. The van der Waals surface area contributed by atoms with Gasteiger partial charge in [-0.05, 0) is 18.9 Å². The third-order valence-electron chi connectivity index (χ3n) is 3.37. The van der Waals surface area contributed by atoms with Gasteiger partial charge in [0.15, 0.2) is 0 Å². The van der Waals surface area contributed by atoms with Crippen molar-refractivity contribution in [3.8, 4) is 11.5 Å². The van der Waals surface area contributed by atoms with Crippen LogP contribution in [-0.2, 0) is 5.41 Å². The van der Waals surface area contributed by atoms with Gasteiger partial charge in [-0.3, -0.25) is 0 Å². The molecule has 0 radical (unpaired) electrons. The van der Waals surface area contributed by atoms with Crippen molar-refractivity contribution in [1.82, 2.24) is 0 Å². The van der Waals surface area contributed by atoms with Gasteiger partial charge in [0, 0.05) is 17.0 Å². The van der Waals surface area contributed by atoms with Crippen LogP contribution in [0.3, 0.4) is 0 Å². The third kappa shape index (κ3) is 1.57. The van der Waals surface area contributed by atoms with Crippen molar-refractivity contribution in [3.63, 3.8) is 0 Å². The van der Waals surface area contributed by atoms with Crippen molar-refractivity contribution in [2.45, 2.75) is 24.7 Å². The molecule has 82 valence electrons. The zero-order valence-electron chi connectivity index (χ0n) is 8.86. The van der Waals surface area contributed by atoms with Gasteiger partial charge in [-0.15, -0.1) is 0 Å². The molecule has 1 aromatic carbocycles. The fourth-order valence-corrected chi connectivity index (χ4v) is 2.23. The van der Waals surface area contributed by atoms with E-state index in [1.807, 2.05) is 6.07 Å². The van der Waals surface area contributed by atoms with E-state index in [1.54, 1.807) is 19.2 Å². The van der Waals surface area contributed by atoms with Crippen LogP contribution in [0.1, 0.15) is 24.8 Å². The molecular weight excluding hydrogens is 192 g/mol. The van der Waals surface area contributed by atoms with Crippen LogP contribution in [-0.4, -0.2) is 23.9 Å². The lowest BCUT2D eigenvalue weighted by Crippen LogP contribution is -2.38. The van der Waals surface area contributed by atoms with Crippen LogP contribution in [0.2, 0.25) is 0 Å². The Labute approximate surface area is 89.3 Å². The molecule has 3 nitrogen and oxygen atoms in total. The van der Waals surface area contributed by atoms with E-state index >= 15 is 0 Å². The van der Waals surface area contributed by atoms with E-state index in [-0.39, 0.29) is 17.8 Å². The molecule has 2 N–H and O–H groups in total. The number of rotatable bonds is 3. The number of phenolic OH excluding ortho intramolecular Hbond substituents is 1. The van der Waals surface area contributed by atoms with Gasteiger partial charge < -0.3 is 14.9 Å². The molecule has 1 aliphatic carbocycles. The molecule has 0 atom stereocenters. The zero-order chi connectivity index (χ0) is 10.9. The van der Waals surface area contributed by atoms with Gasteiger partial charge in [-0.2, -0.15) is 0 Å².